The fourth-order valence-electron chi connectivity index (χ4n) is 7.15. The van der Waals surface area contributed by atoms with Gasteiger partial charge in [0.2, 0.25) is 0 Å². The van der Waals surface area contributed by atoms with Crippen molar-refractivity contribution in [3.63, 3.8) is 0 Å². The number of aliphatic hydroxyl groups excluding tert-OH is 2. The molecule has 4 unspecified atom stereocenters. The molecule has 5 N–H and O–H groups in total. The highest BCUT2D eigenvalue weighted by atomic mass is 16.5. The van der Waals surface area contributed by atoms with Crippen molar-refractivity contribution in [3.8, 4) is 0 Å². The second kappa shape index (κ2) is 75.3. The monoisotopic (exact) mass is 944 g/mol. The molecule has 7 heteroatoms. The number of allylic oxidation sites excluding steroid dienone is 5. The Morgan fingerprint density at radius 1 is 0.576 bits per heavy atom. The molecule has 0 aromatic carbocycles. The van der Waals surface area contributed by atoms with Gasteiger partial charge in [0.15, 0.2) is 0 Å². The van der Waals surface area contributed by atoms with E-state index in [2.05, 4.69) is 106 Å². The minimum atomic E-state index is -0.750. The third kappa shape index (κ3) is 74.3. The van der Waals surface area contributed by atoms with Crippen molar-refractivity contribution in [2.75, 3.05) is 26.7 Å². The highest BCUT2D eigenvalue weighted by Gasteiger charge is 2.36. The van der Waals surface area contributed by atoms with Gasteiger partial charge >= 0.3 is 0 Å². The van der Waals surface area contributed by atoms with Gasteiger partial charge in [-0.1, -0.05) is 242 Å². The van der Waals surface area contributed by atoms with Crippen molar-refractivity contribution < 1.29 is 29.5 Å². The van der Waals surface area contributed by atoms with Crippen LogP contribution < -0.4 is 5.73 Å². The van der Waals surface area contributed by atoms with Crippen LogP contribution in [0.15, 0.2) is 36.6 Å². The molecular weight excluding hydrogens is 819 g/mol. The molecule has 0 aliphatic heterocycles. The number of aliphatic hydroxyl groups is 3. The first-order valence-corrected chi connectivity index (χ1v) is 28.6. The standard InChI is InChI=1S/C40H74O3.C9H20.2C3H8.C2H6.CH5NO.CH4O2/c1-6-9-12-14-16-17-18-19-20-21-22-23-24-25-27-29-38-34-39(42-32-11-8-3)35-40(38)43-37(5)31-30-36(4)41-33-28-26-15-13-10-7-2;1-3-5-7-9-8-6-4-2;2*1-3-2;1-2;2*2-1-3/h16-17,19-20,36,38-40H,5-15,18,21-35H2,1-4H3;3-9H2,1-2H3;2*3H2,1-2H3;1-2H3;3H,1-2H2;2-3H,1H2/b17-16-,20-19-;;;;;;. The molecule has 1 fully saturated rings. The third-order valence-electron chi connectivity index (χ3n) is 10.7. The van der Waals surface area contributed by atoms with Crippen LogP contribution in [0.25, 0.3) is 0 Å². The molecule has 0 spiro atoms. The quantitative estimate of drug-likeness (QED) is 0.0212. The average molecular weight is 945 g/mol. The van der Waals surface area contributed by atoms with Crippen LogP contribution in [0.1, 0.15) is 295 Å². The molecule has 1 aliphatic rings. The molecule has 0 heterocycles. The predicted octanol–water partition coefficient (Wildman–Crippen LogP) is 18.3. The van der Waals surface area contributed by atoms with E-state index < -0.39 is 6.79 Å². The number of unbranched alkanes of at least 4 members (excludes halogenated alkanes) is 20. The molecule has 1 saturated carbocycles. The summed E-state index contributed by atoms with van der Waals surface area (Å²) in [7, 11) is 0. The molecule has 0 saturated heterocycles. The van der Waals surface area contributed by atoms with Gasteiger partial charge in [0.25, 0.3) is 0 Å². The second-order valence-electron chi connectivity index (χ2n) is 17.8. The van der Waals surface area contributed by atoms with Crippen molar-refractivity contribution in [1.29, 1.82) is 0 Å². The van der Waals surface area contributed by atoms with Crippen molar-refractivity contribution >= 4 is 0 Å². The van der Waals surface area contributed by atoms with Gasteiger partial charge in [0.05, 0.1) is 24.7 Å². The SMILES string of the molecule is C=C(CCC(C)OCCCCCCCC)OC1CC(OCCCC)CC1CCCCCCC/C=C\C/C=C\CCCCC.CC.CCC.CCC.CCCCCCCCC.NCO.OCO. The van der Waals surface area contributed by atoms with E-state index in [0.717, 1.165) is 57.5 Å². The molecule has 0 aromatic rings. The summed E-state index contributed by atoms with van der Waals surface area (Å²) >= 11 is 0. The Kier molecular flexibility index (Phi) is 87.0. The molecule has 66 heavy (non-hydrogen) atoms. The second-order valence-corrected chi connectivity index (χ2v) is 17.8. The minimum absolute atomic E-state index is 0.250. The largest absolute Gasteiger partial charge is 0.495 e. The van der Waals surface area contributed by atoms with E-state index in [1.54, 1.807) is 0 Å². The van der Waals surface area contributed by atoms with Gasteiger partial charge in [-0.05, 0) is 77.0 Å². The van der Waals surface area contributed by atoms with Crippen LogP contribution in [0, 0.1) is 5.92 Å². The van der Waals surface area contributed by atoms with Crippen LogP contribution >= 0.6 is 0 Å². The fourth-order valence-corrected chi connectivity index (χ4v) is 7.15. The van der Waals surface area contributed by atoms with E-state index in [1.807, 2.05) is 13.8 Å². The van der Waals surface area contributed by atoms with E-state index in [1.165, 1.54) is 173 Å². The lowest BCUT2D eigenvalue weighted by atomic mass is 9.97. The van der Waals surface area contributed by atoms with Crippen LogP contribution in [0.4, 0.5) is 0 Å². The molecule has 4 atom stereocenters. The zero-order chi connectivity index (χ0) is 51.0. The first kappa shape index (κ1) is 76.3. The lowest BCUT2D eigenvalue weighted by Crippen LogP contribution is -2.19. The molecule has 0 radical (unpaired) electrons. The molecular formula is C59H125NO6. The summed E-state index contributed by atoms with van der Waals surface area (Å²) in [6.45, 7) is 31.1. The zero-order valence-electron chi connectivity index (χ0n) is 47.1. The minimum Gasteiger partial charge on any atom is -0.495 e. The number of hydrogen-bond acceptors (Lipinski definition) is 7. The Bertz CT molecular complexity index is 838. The van der Waals surface area contributed by atoms with Gasteiger partial charge in [-0.3, -0.25) is 0 Å². The first-order chi connectivity index (χ1) is 32.2. The van der Waals surface area contributed by atoms with Gasteiger partial charge in [-0.2, -0.15) is 0 Å². The molecule has 1 rings (SSSR count). The maximum atomic E-state index is 7.35. The van der Waals surface area contributed by atoms with E-state index in [9.17, 15) is 0 Å². The van der Waals surface area contributed by atoms with Crippen LogP contribution in [-0.2, 0) is 14.2 Å². The smallest absolute Gasteiger partial charge is 0.140 e. The summed E-state index contributed by atoms with van der Waals surface area (Å²) in [5, 5.41) is 21.6. The van der Waals surface area contributed by atoms with Crippen molar-refractivity contribution in [2.45, 2.75) is 313 Å². The lowest BCUT2D eigenvalue weighted by Gasteiger charge is -2.23. The Hall–Kier alpha value is -1.22. The fraction of sp³-hybridized carbons (Fsp3) is 0.898. The number of nitrogens with two attached hydrogens (primary N) is 1. The molecule has 0 aromatic heterocycles. The van der Waals surface area contributed by atoms with Gasteiger partial charge in [-0.15, -0.1) is 0 Å². The van der Waals surface area contributed by atoms with E-state index in [4.69, 9.17) is 29.5 Å². The lowest BCUT2D eigenvalue weighted by molar-refractivity contribution is 0.0309. The first-order valence-electron chi connectivity index (χ1n) is 28.6. The maximum Gasteiger partial charge on any atom is 0.140 e. The molecule has 1 aliphatic carbocycles. The highest BCUT2D eigenvalue weighted by molar-refractivity contribution is 4.93. The molecule has 7 nitrogen and oxygen atoms in total. The summed E-state index contributed by atoms with van der Waals surface area (Å²) in [5.74, 6) is 1.54. The van der Waals surface area contributed by atoms with Crippen molar-refractivity contribution in [1.82, 2.24) is 0 Å². The summed E-state index contributed by atoms with van der Waals surface area (Å²) in [5.41, 5.74) is 4.40. The Morgan fingerprint density at radius 3 is 1.44 bits per heavy atom. The number of hydrogen-bond donors (Lipinski definition) is 4. The van der Waals surface area contributed by atoms with Gasteiger partial charge in [0.1, 0.15) is 12.9 Å². The Labute approximate surface area is 416 Å². The normalized spacial score (nSPS) is 15.3. The van der Waals surface area contributed by atoms with Crippen molar-refractivity contribution in [2.24, 2.45) is 11.7 Å². The van der Waals surface area contributed by atoms with E-state index in [0.29, 0.717) is 12.0 Å². The van der Waals surface area contributed by atoms with Crippen LogP contribution in [-0.4, -0.2) is 60.4 Å². The highest BCUT2D eigenvalue weighted by Crippen LogP contribution is 2.36. The van der Waals surface area contributed by atoms with Crippen LogP contribution in [0.5, 0.6) is 0 Å². The maximum absolute atomic E-state index is 7.35. The van der Waals surface area contributed by atoms with E-state index in [-0.39, 0.29) is 18.9 Å². The van der Waals surface area contributed by atoms with Crippen LogP contribution in [0.3, 0.4) is 0 Å². The zero-order valence-corrected chi connectivity index (χ0v) is 47.1. The summed E-state index contributed by atoms with van der Waals surface area (Å²) < 4.78 is 18.9. The summed E-state index contributed by atoms with van der Waals surface area (Å²) in [4.78, 5) is 0. The van der Waals surface area contributed by atoms with Gasteiger partial charge < -0.3 is 35.3 Å². The van der Waals surface area contributed by atoms with E-state index >= 15 is 0 Å². The van der Waals surface area contributed by atoms with Crippen molar-refractivity contribution in [3.05, 3.63) is 36.6 Å². The Balaban J connectivity index is -0.000000323. The molecule has 402 valence electrons. The third-order valence-corrected chi connectivity index (χ3v) is 10.7. The topological polar surface area (TPSA) is 114 Å². The number of ether oxygens (including phenoxy) is 3. The summed E-state index contributed by atoms with van der Waals surface area (Å²) in [6.07, 6.45) is 52.5. The molecule has 0 amide bonds. The van der Waals surface area contributed by atoms with Crippen LogP contribution in [0.2, 0.25) is 0 Å². The average Bonchev–Trinajstić information content (AvgIpc) is 3.69. The number of rotatable bonds is 37. The predicted molar refractivity (Wildman–Crippen MR) is 296 cm³/mol. The van der Waals surface area contributed by atoms with Gasteiger partial charge in [0, 0.05) is 26.1 Å². The summed E-state index contributed by atoms with van der Waals surface area (Å²) in [6, 6.07) is 0. The Morgan fingerprint density at radius 2 is 0.970 bits per heavy atom. The van der Waals surface area contributed by atoms with Gasteiger partial charge in [-0.25, -0.2) is 0 Å². The molecule has 0 bridgehead atoms.